The molecule has 0 saturated heterocycles. The van der Waals surface area contributed by atoms with Gasteiger partial charge in [-0.2, -0.15) is 0 Å². The summed E-state index contributed by atoms with van der Waals surface area (Å²) in [4.78, 5) is 2.39. The fourth-order valence-corrected chi connectivity index (χ4v) is 2.94. The fraction of sp³-hybridized carbons (Fsp3) is 0.222. The van der Waals surface area contributed by atoms with Crippen molar-refractivity contribution < 1.29 is 0 Å². The number of rotatable bonds is 3. The Balaban J connectivity index is 2.06. The summed E-state index contributed by atoms with van der Waals surface area (Å²) in [6.45, 7) is 0.862. The number of aryl methyl sites for hydroxylation is 2. The van der Waals surface area contributed by atoms with Gasteiger partial charge in [0.25, 0.3) is 0 Å². The maximum atomic E-state index is 5.75. The molecule has 0 amide bonds. The van der Waals surface area contributed by atoms with E-state index in [2.05, 4.69) is 59.5 Å². The number of fused-ring (bicyclic) bond motifs is 2. The first-order chi connectivity index (χ1) is 9.90. The lowest BCUT2D eigenvalue weighted by Gasteiger charge is -2.25. The summed E-state index contributed by atoms with van der Waals surface area (Å²) < 4.78 is 0. The van der Waals surface area contributed by atoms with Crippen LogP contribution < -0.4 is 4.90 Å². The first-order valence-electron chi connectivity index (χ1n) is 7.04. The van der Waals surface area contributed by atoms with E-state index in [-0.39, 0.29) is 0 Å². The lowest BCUT2D eigenvalue weighted by atomic mass is 10.0. The molecule has 20 heavy (non-hydrogen) atoms. The number of nitrogens with zero attached hydrogens (tertiary/aromatic N) is 1. The Morgan fingerprint density at radius 3 is 1.95 bits per heavy atom. The summed E-state index contributed by atoms with van der Waals surface area (Å²) in [5.74, 6) is 0.567. The molecule has 0 radical (unpaired) electrons. The van der Waals surface area contributed by atoms with Gasteiger partial charge in [-0.25, -0.2) is 0 Å². The molecule has 3 rings (SSSR count). The van der Waals surface area contributed by atoms with Crippen molar-refractivity contribution in [2.45, 2.75) is 12.8 Å². The maximum absolute atomic E-state index is 5.75. The van der Waals surface area contributed by atoms with Gasteiger partial charge < -0.3 is 4.90 Å². The molecule has 0 aliphatic carbocycles. The number of hydrogen-bond acceptors (Lipinski definition) is 1. The van der Waals surface area contributed by atoms with Crippen LogP contribution in [0.4, 0.5) is 11.4 Å². The number of anilines is 2. The number of para-hydroxylation sites is 2. The third kappa shape index (κ3) is 2.59. The standard InChI is InChI=1S/C18H18ClN/c19-13-5-6-14-20-17-9-3-1-7-15(17)11-12-16-8-2-4-10-18(16)20/h1-10H,11-14H2/b6-5-. The average Bonchev–Trinajstić information content (AvgIpc) is 2.66. The van der Waals surface area contributed by atoms with E-state index >= 15 is 0 Å². The van der Waals surface area contributed by atoms with Gasteiger partial charge in [0.15, 0.2) is 0 Å². The van der Waals surface area contributed by atoms with Gasteiger partial charge in [-0.05, 0) is 36.1 Å². The molecule has 1 nitrogen and oxygen atoms in total. The molecule has 0 bridgehead atoms. The topological polar surface area (TPSA) is 3.24 Å². The van der Waals surface area contributed by atoms with E-state index in [1.54, 1.807) is 0 Å². The van der Waals surface area contributed by atoms with E-state index in [1.807, 2.05) is 6.08 Å². The molecule has 0 unspecified atom stereocenters. The highest BCUT2D eigenvalue weighted by Crippen LogP contribution is 2.35. The van der Waals surface area contributed by atoms with Crippen molar-refractivity contribution in [1.29, 1.82) is 0 Å². The molecule has 0 N–H and O–H groups in total. The van der Waals surface area contributed by atoms with Crippen molar-refractivity contribution >= 4 is 23.0 Å². The van der Waals surface area contributed by atoms with Gasteiger partial charge in [0, 0.05) is 23.8 Å². The van der Waals surface area contributed by atoms with E-state index in [0.717, 1.165) is 19.4 Å². The molecule has 0 fully saturated rings. The molecule has 1 heterocycles. The average molecular weight is 284 g/mol. The molecule has 102 valence electrons. The third-order valence-corrected chi connectivity index (χ3v) is 3.95. The highest BCUT2D eigenvalue weighted by Gasteiger charge is 2.18. The Morgan fingerprint density at radius 2 is 1.40 bits per heavy atom. The van der Waals surface area contributed by atoms with Crippen LogP contribution in [0.25, 0.3) is 0 Å². The zero-order valence-electron chi connectivity index (χ0n) is 11.4. The molecule has 2 aromatic carbocycles. The minimum Gasteiger partial charge on any atom is -0.337 e. The SMILES string of the molecule is ClC/C=C\CN1c2ccccc2CCc2ccccc21. The van der Waals surface area contributed by atoms with Crippen molar-refractivity contribution in [1.82, 2.24) is 0 Å². The number of hydrogen-bond donors (Lipinski definition) is 0. The molecular formula is C18H18ClN. The van der Waals surface area contributed by atoms with E-state index < -0.39 is 0 Å². The van der Waals surface area contributed by atoms with E-state index in [4.69, 9.17) is 11.6 Å². The second-order valence-corrected chi connectivity index (χ2v) is 5.30. The van der Waals surface area contributed by atoms with Crippen LogP contribution in [0.2, 0.25) is 0 Å². The summed E-state index contributed by atoms with van der Waals surface area (Å²) in [6.07, 6.45) is 6.36. The summed E-state index contributed by atoms with van der Waals surface area (Å²) >= 11 is 5.75. The number of benzene rings is 2. The minimum atomic E-state index is 0.567. The predicted octanol–water partition coefficient (Wildman–Crippen LogP) is 4.72. The first kappa shape index (κ1) is 13.3. The van der Waals surface area contributed by atoms with Gasteiger partial charge in [-0.3, -0.25) is 0 Å². The van der Waals surface area contributed by atoms with Crippen LogP contribution in [0.3, 0.4) is 0 Å². The van der Waals surface area contributed by atoms with Crippen LogP contribution in [0.1, 0.15) is 11.1 Å². The highest BCUT2D eigenvalue weighted by atomic mass is 35.5. The lowest BCUT2D eigenvalue weighted by molar-refractivity contribution is 0.977. The van der Waals surface area contributed by atoms with Crippen LogP contribution in [0.15, 0.2) is 60.7 Å². The van der Waals surface area contributed by atoms with Gasteiger partial charge in [-0.1, -0.05) is 48.6 Å². The van der Waals surface area contributed by atoms with E-state index in [9.17, 15) is 0 Å². The summed E-state index contributed by atoms with van der Waals surface area (Å²) in [6, 6.07) is 17.4. The zero-order chi connectivity index (χ0) is 13.8. The first-order valence-corrected chi connectivity index (χ1v) is 7.58. The normalized spacial score (nSPS) is 13.9. The van der Waals surface area contributed by atoms with Crippen molar-refractivity contribution in [2.24, 2.45) is 0 Å². The Labute approximate surface area is 125 Å². The monoisotopic (exact) mass is 283 g/mol. The van der Waals surface area contributed by atoms with Gasteiger partial charge in [0.05, 0.1) is 0 Å². The Morgan fingerprint density at radius 1 is 0.850 bits per heavy atom. The van der Waals surface area contributed by atoms with Gasteiger partial charge >= 0.3 is 0 Å². The number of allylic oxidation sites excluding steroid dienone is 1. The summed E-state index contributed by atoms with van der Waals surface area (Å²) in [7, 11) is 0. The van der Waals surface area contributed by atoms with Crippen molar-refractivity contribution in [3.8, 4) is 0 Å². The van der Waals surface area contributed by atoms with Crippen molar-refractivity contribution in [3.05, 3.63) is 71.8 Å². The second kappa shape index (κ2) is 6.15. The third-order valence-electron chi connectivity index (χ3n) is 3.77. The van der Waals surface area contributed by atoms with E-state index in [1.165, 1.54) is 22.5 Å². The quantitative estimate of drug-likeness (QED) is 0.582. The molecule has 2 heteroatoms. The smallest absolute Gasteiger partial charge is 0.0446 e. The highest BCUT2D eigenvalue weighted by molar-refractivity contribution is 6.18. The van der Waals surface area contributed by atoms with Crippen molar-refractivity contribution in [2.75, 3.05) is 17.3 Å². The minimum absolute atomic E-state index is 0.567. The molecular weight excluding hydrogens is 266 g/mol. The van der Waals surface area contributed by atoms with Gasteiger partial charge in [-0.15, -0.1) is 11.6 Å². The second-order valence-electron chi connectivity index (χ2n) is 4.99. The molecule has 0 aromatic heterocycles. The van der Waals surface area contributed by atoms with Gasteiger partial charge in [0.1, 0.15) is 0 Å². The summed E-state index contributed by atoms with van der Waals surface area (Å²) in [5, 5.41) is 0. The molecule has 1 aliphatic rings. The molecule has 0 saturated carbocycles. The molecule has 2 aromatic rings. The Bertz CT molecular complexity index is 571. The summed E-state index contributed by atoms with van der Waals surface area (Å²) in [5.41, 5.74) is 5.47. The molecule has 0 spiro atoms. The fourth-order valence-electron chi connectivity index (χ4n) is 2.81. The number of alkyl halides is 1. The van der Waals surface area contributed by atoms with Crippen LogP contribution in [0.5, 0.6) is 0 Å². The van der Waals surface area contributed by atoms with Crippen LogP contribution in [0, 0.1) is 0 Å². The Kier molecular flexibility index (Phi) is 4.08. The largest absolute Gasteiger partial charge is 0.337 e. The van der Waals surface area contributed by atoms with Crippen LogP contribution in [-0.2, 0) is 12.8 Å². The van der Waals surface area contributed by atoms with Crippen molar-refractivity contribution in [3.63, 3.8) is 0 Å². The maximum Gasteiger partial charge on any atom is 0.0446 e. The molecule has 1 aliphatic heterocycles. The number of halogens is 1. The van der Waals surface area contributed by atoms with Crippen LogP contribution in [-0.4, -0.2) is 12.4 Å². The van der Waals surface area contributed by atoms with Crippen LogP contribution >= 0.6 is 11.6 Å². The zero-order valence-corrected chi connectivity index (χ0v) is 12.2. The van der Waals surface area contributed by atoms with E-state index in [0.29, 0.717) is 5.88 Å². The Hall–Kier alpha value is -1.73. The predicted molar refractivity (Wildman–Crippen MR) is 87.2 cm³/mol. The van der Waals surface area contributed by atoms with Gasteiger partial charge in [0.2, 0.25) is 0 Å². The lowest BCUT2D eigenvalue weighted by Crippen LogP contribution is -2.18. The molecule has 0 atom stereocenters.